The molecule has 2 unspecified atom stereocenters. The second kappa shape index (κ2) is 5.79. The van der Waals surface area contributed by atoms with Crippen molar-refractivity contribution in [2.45, 2.75) is 31.9 Å². The normalized spacial score (nSPS) is 15.0. The van der Waals surface area contributed by atoms with E-state index >= 15 is 0 Å². The van der Waals surface area contributed by atoms with Crippen LogP contribution >= 0.6 is 0 Å². The van der Waals surface area contributed by atoms with E-state index in [2.05, 4.69) is 0 Å². The molecule has 1 aromatic carbocycles. The average Bonchev–Trinajstić information content (AvgIpc) is 2.32. The Morgan fingerprint density at radius 3 is 2.65 bits per heavy atom. The zero-order valence-corrected chi connectivity index (χ0v) is 10.9. The Labute approximate surface area is 113 Å². The Morgan fingerprint density at radius 2 is 2.15 bits per heavy atom. The van der Waals surface area contributed by atoms with Crippen LogP contribution in [0.15, 0.2) is 12.1 Å². The minimum absolute atomic E-state index is 0.0849. The van der Waals surface area contributed by atoms with E-state index in [9.17, 15) is 18.9 Å². The van der Waals surface area contributed by atoms with Crippen molar-refractivity contribution in [3.05, 3.63) is 33.9 Å². The molecule has 0 bridgehead atoms. The van der Waals surface area contributed by atoms with Gasteiger partial charge in [-0.05, 0) is 13.8 Å². The SMILES string of the molecule is CC(CC(C)(N)C#N)Oc1cc(F)c([N+](=O)[O-])cc1F. The Morgan fingerprint density at radius 1 is 1.55 bits per heavy atom. The molecule has 8 heteroatoms. The molecular weight excluding hydrogens is 272 g/mol. The summed E-state index contributed by atoms with van der Waals surface area (Å²) >= 11 is 0. The summed E-state index contributed by atoms with van der Waals surface area (Å²) in [6, 6.07) is 2.90. The van der Waals surface area contributed by atoms with Gasteiger partial charge in [0.2, 0.25) is 5.82 Å². The van der Waals surface area contributed by atoms with E-state index in [-0.39, 0.29) is 6.42 Å². The van der Waals surface area contributed by atoms with Gasteiger partial charge in [-0.2, -0.15) is 9.65 Å². The molecule has 0 fully saturated rings. The number of nitro groups is 1. The van der Waals surface area contributed by atoms with Gasteiger partial charge < -0.3 is 10.5 Å². The number of nitrogens with two attached hydrogens (primary N) is 1. The van der Waals surface area contributed by atoms with Gasteiger partial charge in [-0.15, -0.1) is 0 Å². The number of nitriles is 1. The first-order valence-corrected chi connectivity index (χ1v) is 5.66. The summed E-state index contributed by atoms with van der Waals surface area (Å²) in [5, 5.41) is 19.2. The fourth-order valence-corrected chi connectivity index (χ4v) is 1.65. The van der Waals surface area contributed by atoms with Crippen molar-refractivity contribution < 1.29 is 18.4 Å². The summed E-state index contributed by atoms with van der Waals surface area (Å²) in [5.74, 6) is -2.72. The average molecular weight is 285 g/mol. The predicted octanol–water partition coefficient (Wildman–Crippen LogP) is 2.27. The van der Waals surface area contributed by atoms with Crippen LogP contribution in [0.5, 0.6) is 5.75 Å². The van der Waals surface area contributed by atoms with Gasteiger partial charge in [-0.25, -0.2) is 4.39 Å². The molecule has 6 nitrogen and oxygen atoms in total. The number of halogens is 2. The van der Waals surface area contributed by atoms with E-state index in [1.165, 1.54) is 13.8 Å². The highest BCUT2D eigenvalue weighted by Crippen LogP contribution is 2.27. The molecule has 2 N–H and O–H groups in total. The van der Waals surface area contributed by atoms with Gasteiger partial charge >= 0.3 is 5.69 Å². The smallest absolute Gasteiger partial charge is 0.307 e. The van der Waals surface area contributed by atoms with Gasteiger partial charge in [0.05, 0.1) is 23.2 Å². The Hall–Kier alpha value is -2.27. The maximum Gasteiger partial charge on any atom is 0.307 e. The Balaban J connectivity index is 2.92. The van der Waals surface area contributed by atoms with Crippen molar-refractivity contribution in [1.82, 2.24) is 0 Å². The lowest BCUT2D eigenvalue weighted by Crippen LogP contribution is -2.38. The molecule has 0 amide bonds. The summed E-state index contributed by atoms with van der Waals surface area (Å²) < 4.78 is 32.1. The van der Waals surface area contributed by atoms with E-state index in [0.717, 1.165) is 0 Å². The molecule has 0 radical (unpaired) electrons. The maximum absolute atomic E-state index is 13.6. The molecule has 0 heterocycles. The van der Waals surface area contributed by atoms with E-state index in [0.29, 0.717) is 12.1 Å². The molecular formula is C12H13F2N3O3. The number of hydrogen-bond acceptors (Lipinski definition) is 5. The van der Waals surface area contributed by atoms with Crippen LogP contribution in [-0.2, 0) is 0 Å². The van der Waals surface area contributed by atoms with Crippen LogP contribution in [0.3, 0.4) is 0 Å². The lowest BCUT2D eigenvalue weighted by atomic mass is 9.98. The minimum atomic E-state index is -1.20. The predicted molar refractivity (Wildman–Crippen MR) is 65.9 cm³/mol. The zero-order valence-electron chi connectivity index (χ0n) is 10.9. The van der Waals surface area contributed by atoms with E-state index in [1.807, 2.05) is 6.07 Å². The fraction of sp³-hybridized carbons (Fsp3) is 0.417. The standard InChI is InChI=1S/C12H13F2N3O3/c1-7(5-12(2,16)6-15)20-11-4-8(13)10(17(18)19)3-9(11)14/h3-4,7H,5,16H2,1-2H3. The number of rotatable bonds is 5. The molecule has 1 aromatic rings. The Kier molecular flexibility index (Phi) is 4.57. The van der Waals surface area contributed by atoms with Crippen LogP contribution < -0.4 is 10.5 Å². The molecule has 0 aliphatic carbocycles. The van der Waals surface area contributed by atoms with Crippen LogP contribution in [0.1, 0.15) is 20.3 Å². The van der Waals surface area contributed by atoms with Crippen molar-refractivity contribution in [3.8, 4) is 11.8 Å². The summed E-state index contributed by atoms with van der Waals surface area (Å²) in [6.45, 7) is 3.00. The first kappa shape index (κ1) is 15.8. The summed E-state index contributed by atoms with van der Waals surface area (Å²) in [5.41, 5.74) is 3.46. The highest BCUT2D eigenvalue weighted by molar-refractivity contribution is 5.39. The second-order valence-corrected chi connectivity index (χ2v) is 4.65. The van der Waals surface area contributed by atoms with Gasteiger partial charge in [0, 0.05) is 12.5 Å². The molecule has 0 aliphatic rings. The van der Waals surface area contributed by atoms with Crippen molar-refractivity contribution in [2.75, 3.05) is 0 Å². The first-order valence-electron chi connectivity index (χ1n) is 5.66. The van der Waals surface area contributed by atoms with E-state index < -0.39 is 39.6 Å². The number of hydrogen-bond donors (Lipinski definition) is 1. The molecule has 108 valence electrons. The summed E-state index contributed by atoms with van der Waals surface area (Å²) in [6.07, 6.45) is -0.582. The number of nitro benzene ring substituents is 1. The fourth-order valence-electron chi connectivity index (χ4n) is 1.65. The third-order valence-electron chi connectivity index (χ3n) is 2.49. The molecule has 20 heavy (non-hydrogen) atoms. The Bertz CT molecular complexity index is 570. The molecule has 0 aliphatic heterocycles. The molecule has 0 saturated heterocycles. The van der Waals surface area contributed by atoms with Gasteiger partial charge in [0.25, 0.3) is 0 Å². The summed E-state index contributed by atoms with van der Waals surface area (Å²) in [7, 11) is 0. The monoisotopic (exact) mass is 285 g/mol. The van der Waals surface area contributed by atoms with Gasteiger partial charge in [0.15, 0.2) is 11.6 Å². The largest absolute Gasteiger partial charge is 0.487 e. The van der Waals surface area contributed by atoms with Gasteiger partial charge in [-0.1, -0.05) is 0 Å². The third kappa shape index (κ3) is 3.86. The van der Waals surface area contributed by atoms with Crippen LogP contribution in [0.4, 0.5) is 14.5 Å². The number of ether oxygens (including phenoxy) is 1. The number of nitrogens with zero attached hydrogens (tertiary/aromatic N) is 2. The first-order chi connectivity index (χ1) is 9.16. The lowest BCUT2D eigenvalue weighted by molar-refractivity contribution is -0.387. The molecule has 0 saturated carbocycles. The quantitative estimate of drug-likeness (QED) is 0.660. The maximum atomic E-state index is 13.6. The van der Waals surface area contributed by atoms with Crippen molar-refractivity contribution in [2.24, 2.45) is 5.73 Å². The second-order valence-electron chi connectivity index (χ2n) is 4.65. The van der Waals surface area contributed by atoms with Crippen LogP contribution in [0.25, 0.3) is 0 Å². The zero-order chi connectivity index (χ0) is 15.5. The van der Waals surface area contributed by atoms with Gasteiger partial charge in [-0.3, -0.25) is 10.1 Å². The van der Waals surface area contributed by atoms with E-state index in [1.54, 1.807) is 0 Å². The topological polar surface area (TPSA) is 102 Å². The highest BCUT2D eigenvalue weighted by Gasteiger charge is 2.24. The van der Waals surface area contributed by atoms with Crippen molar-refractivity contribution in [1.29, 1.82) is 5.26 Å². The summed E-state index contributed by atoms with van der Waals surface area (Å²) in [4.78, 5) is 9.41. The highest BCUT2D eigenvalue weighted by atomic mass is 19.1. The van der Waals surface area contributed by atoms with Gasteiger partial charge in [0.1, 0.15) is 5.54 Å². The molecule has 2 atom stereocenters. The molecule has 0 spiro atoms. The van der Waals surface area contributed by atoms with E-state index in [4.69, 9.17) is 15.7 Å². The lowest BCUT2D eigenvalue weighted by Gasteiger charge is -2.21. The van der Waals surface area contributed by atoms with Crippen LogP contribution in [0, 0.1) is 33.1 Å². The van der Waals surface area contributed by atoms with Crippen molar-refractivity contribution >= 4 is 5.69 Å². The minimum Gasteiger partial charge on any atom is -0.487 e. The van der Waals surface area contributed by atoms with Crippen LogP contribution in [-0.4, -0.2) is 16.6 Å². The molecule has 1 rings (SSSR count). The number of benzene rings is 1. The van der Waals surface area contributed by atoms with Crippen molar-refractivity contribution in [3.63, 3.8) is 0 Å². The molecule has 0 aromatic heterocycles. The third-order valence-corrected chi connectivity index (χ3v) is 2.49. The van der Waals surface area contributed by atoms with Crippen LogP contribution in [0.2, 0.25) is 0 Å².